The van der Waals surface area contributed by atoms with Gasteiger partial charge in [0.05, 0.1) is 6.61 Å². The van der Waals surface area contributed by atoms with Crippen LogP contribution in [0.4, 0.5) is 13.2 Å². The van der Waals surface area contributed by atoms with Crippen LogP contribution in [0.3, 0.4) is 0 Å². The van der Waals surface area contributed by atoms with Crippen LogP contribution in [0.5, 0.6) is 0 Å². The van der Waals surface area contributed by atoms with Crippen LogP contribution in [0, 0.1) is 0 Å². The Kier molecular flexibility index (Phi) is 3.52. The molecule has 1 rings (SSSR count). The van der Waals surface area contributed by atoms with Crippen molar-refractivity contribution in [2.75, 3.05) is 32.8 Å². The first-order valence-corrected chi connectivity index (χ1v) is 4.18. The number of piperazine rings is 1. The second-order valence-corrected chi connectivity index (χ2v) is 3.02. The Morgan fingerprint density at radius 1 is 1.46 bits per heavy atom. The molecule has 0 saturated carbocycles. The number of hydrogen-bond donors (Lipinski definition) is 2. The Labute approximate surface area is 74.5 Å². The van der Waals surface area contributed by atoms with Gasteiger partial charge in [-0.3, -0.25) is 4.90 Å². The lowest BCUT2D eigenvalue weighted by atomic mass is 10.2. The van der Waals surface area contributed by atoms with Gasteiger partial charge >= 0.3 is 6.18 Å². The maximum Gasteiger partial charge on any atom is 0.405 e. The highest BCUT2D eigenvalue weighted by Gasteiger charge is 2.44. The predicted octanol–water partition coefficient (Wildman–Crippen LogP) is -0.185. The third kappa shape index (κ3) is 2.82. The number of β-amino-alcohol motifs (C(OH)–C–C–N with tert-alkyl or cyclic N) is 1. The smallest absolute Gasteiger partial charge is 0.395 e. The molecular formula is C7H13F3N2O. The molecule has 0 spiro atoms. The molecule has 2 N–H and O–H groups in total. The van der Waals surface area contributed by atoms with Gasteiger partial charge in [-0.25, -0.2) is 0 Å². The number of halogens is 3. The molecule has 0 radical (unpaired) electrons. The molecule has 0 aromatic heterocycles. The van der Waals surface area contributed by atoms with E-state index in [1.807, 2.05) is 0 Å². The first kappa shape index (κ1) is 10.7. The Hall–Kier alpha value is -0.330. The zero-order valence-electron chi connectivity index (χ0n) is 7.14. The van der Waals surface area contributed by atoms with E-state index in [0.717, 1.165) is 0 Å². The summed E-state index contributed by atoms with van der Waals surface area (Å²) in [6.45, 7) is 0.666. The number of nitrogens with one attached hydrogen (secondary N) is 1. The zero-order valence-corrected chi connectivity index (χ0v) is 7.14. The van der Waals surface area contributed by atoms with Gasteiger partial charge in [0.25, 0.3) is 0 Å². The predicted molar refractivity (Wildman–Crippen MR) is 41.4 cm³/mol. The number of aliphatic hydroxyl groups excluding tert-OH is 1. The fraction of sp³-hybridized carbons (Fsp3) is 1.00. The Morgan fingerprint density at radius 2 is 2.15 bits per heavy atom. The second-order valence-electron chi connectivity index (χ2n) is 3.02. The number of rotatable bonds is 2. The molecule has 1 atom stereocenters. The molecule has 3 nitrogen and oxygen atoms in total. The monoisotopic (exact) mass is 198 g/mol. The average molecular weight is 198 g/mol. The lowest BCUT2D eigenvalue weighted by molar-refractivity contribution is -0.187. The molecule has 1 aliphatic rings. The summed E-state index contributed by atoms with van der Waals surface area (Å²) in [5.41, 5.74) is 0. The highest BCUT2D eigenvalue weighted by molar-refractivity contribution is 4.84. The van der Waals surface area contributed by atoms with Crippen molar-refractivity contribution in [2.24, 2.45) is 0 Å². The molecule has 0 bridgehead atoms. The molecule has 0 aromatic rings. The van der Waals surface area contributed by atoms with Gasteiger partial charge in [0.1, 0.15) is 6.04 Å². The third-order valence-corrected chi connectivity index (χ3v) is 2.12. The Balaban J connectivity index is 2.56. The second kappa shape index (κ2) is 4.26. The summed E-state index contributed by atoms with van der Waals surface area (Å²) >= 11 is 0. The normalized spacial score (nSPS) is 26.3. The van der Waals surface area contributed by atoms with Crippen molar-refractivity contribution in [2.45, 2.75) is 12.2 Å². The van der Waals surface area contributed by atoms with E-state index < -0.39 is 12.2 Å². The minimum Gasteiger partial charge on any atom is -0.395 e. The van der Waals surface area contributed by atoms with Gasteiger partial charge < -0.3 is 10.4 Å². The summed E-state index contributed by atoms with van der Waals surface area (Å²) < 4.78 is 37.1. The van der Waals surface area contributed by atoms with Gasteiger partial charge in [-0.05, 0) is 0 Å². The fourth-order valence-corrected chi connectivity index (χ4v) is 1.47. The number of alkyl halides is 3. The van der Waals surface area contributed by atoms with Crippen LogP contribution in [0.15, 0.2) is 0 Å². The molecule has 1 aliphatic heterocycles. The molecule has 1 fully saturated rings. The van der Waals surface area contributed by atoms with Crippen LogP contribution >= 0.6 is 0 Å². The highest BCUT2D eigenvalue weighted by Crippen LogP contribution is 2.25. The van der Waals surface area contributed by atoms with E-state index in [0.29, 0.717) is 13.1 Å². The van der Waals surface area contributed by atoms with Crippen LogP contribution in [-0.4, -0.2) is 55.0 Å². The number of hydrogen-bond acceptors (Lipinski definition) is 3. The Bertz CT molecular complexity index is 160. The summed E-state index contributed by atoms with van der Waals surface area (Å²) in [5, 5.41) is 11.3. The number of aliphatic hydroxyl groups is 1. The zero-order chi connectivity index (χ0) is 9.90. The number of nitrogens with zero attached hydrogens (tertiary/aromatic N) is 1. The molecule has 0 aromatic carbocycles. The van der Waals surface area contributed by atoms with Gasteiger partial charge in [0.2, 0.25) is 0 Å². The maximum atomic E-state index is 12.4. The van der Waals surface area contributed by atoms with Gasteiger partial charge in [-0.15, -0.1) is 0 Å². The lowest BCUT2D eigenvalue weighted by Gasteiger charge is -2.36. The van der Waals surface area contributed by atoms with E-state index >= 15 is 0 Å². The molecule has 1 saturated heterocycles. The largest absolute Gasteiger partial charge is 0.405 e. The molecule has 13 heavy (non-hydrogen) atoms. The van der Waals surface area contributed by atoms with Crippen molar-refractivity contribution in [1.82, 2.24) is 10.2 Å². The van der Waals surface area contributed by atoms with Crippen LogP contribution in [0.1, 0.15) is 0 Å². The van der Waals surface area contributed by atoms with Crippen LogP contribution in [0.2, 0.25) is 0 Å². The third-order valence-electron chi connectivity index (χ3n) is 2.12. The summed E-state index contributed by atoms with van der Waals surface area (Å²) in [4.78, 5) is 1.26. The van der Waals surface area contributed by atoms with E-state index in [9.17, 15) is 13.2 Å². The van der Waals surface area contributed by atoms with Gasteiger partial charge in [-0.2, -0.15) is 13.2 Å². The average Bonchev–Trinajstić information content (AvgIpc) is 2.04. The topological polar surface area (TPSA) is 35.5 Å². The maximum absolute atomic E-state index is 12.4. The summed E-state index contributed by atoms with van der Waals surface area (Å²) in [5.74, 6) is 0. The SMILES string of the molecule is OCCN1CCNCC1C(F)(F)F. The van der Waals surface area contributed by atoms with E-state index in [-0.39, 0.29) is 19.7 Å². The van der Waals surface area contributed by atoms with Gasteiger partial charge in [0.15, 0.2) is 0 Å². The lowest BCUT2D eigenvalue weighted by Crippen LogP contribution is -2.58. The van der Waals surface area contributed by atoms with E-state index in [2.05, 4.69) is 5.32 Å². The van der Waals surface area contributed by atoms with Crippen molar-refractivity contribution in [3.05, 3.63) is 0 Å². The van der Waals surface area contributed by atoms with Crippen LogP contribution < -0.4 is 5.32 Å². The molecule has 6 heteroatoms. The van der Waals surface area contributed by atoms with Crippen LogP contribution in [0.25, 0.3) is 0 Å². The van der Waals surface area contributed by atoms with Crippen molar-refractivity contribution in [3.63, 3.8) is 0 Å². The highest BCUT2D eigenvalue weighted by atomic mass is 19.4. The standard InChI is InChI=1S/C7H13F3N2O/c8-7(9,10)6-5-11-1-2-12(6)3-4-13/h6,11,13H,1-5H2. The van der Waals surface area contributed by atoms with E-state index in [1.165, 1.54) is 4.90 Å². The molecule has 0 aliphatic carbocycles. The minimum atomic E-state index is -4.21. The van der Waals surface area contributed by atoms with Crippen molar-refractivity contribution in [3.8, 4) is 0 Å². The summed E-state index contributed by atoms with van der Waals surface area (Å²) in [6.07, 6.45) is -4.21. The van der Waals surface area contributed by atoms with Crippen LogP contribution in [-0.2, 0) is 0 Å². The molecular weight excluding hydrogens is 185 g/mol. The summed E-state index contributed by atoms with van der Waals surface area (Å²) in [7, 11) is 0. The van der Waals surface area contributed by atoms with E-state index in [4.69, 9.17) is 5.11 Å². The minimum absolute atomic E-state index is 0.0799. The quantitative estimate of drug-likeness (QED) is 0.646. The Morgan fingerprint density at radius 3 is 2.69 bits per heavy atom. The molecule has 0 amide bonds. The molecule has 1 unspecified atom stereocenters. The first-order valence-electron chi connectivity index (χ1n) is 4.18. The van der Waals surface area contributed by atoms with Crippen molar-refractivity contribution >= 4 is 0 Å². The fourth-order valence-electron chi connectivity index (χ4n) is 1.47. The summed E-state index contributed by atoms with van der Waals surface area (Å²) in [6, 6.07) is -1.45. The van der Waals surface area contributed by atoms with E-state index in [1.54, 1.807) is 0 Å². The first-order chi connectivity index (χ1) is 6.05. The van der Waals surface area contributed by atoms with Crippen molar-refractivity contribution < 1.29 is 18.3 Å². The van der Waals surface area contributed by atoms with Gasteiger partial charge in [0, 0.05) is 26.2 Å². The van der Waals surface area contributed by atoms with Gasteiger partial charge in [-0.1, -0.05) is 0 Å². The van der Waals surface area contributed by atoms with Crippen molar-refractivity contribution in [1.29, 1.82) is 0 Å². The molecule has 1 heterocycles. The molecule has 78 valence electrons.